The van der Waals surface area contributed by atoms with Crippen molar-refractivity contribution in [3.63, 3.8) is 0 Å². The van der Waals surface area contributed by atoms with E-state index >= 15 is 0 Å². The molecule has 0 bridgehead atoms. The second kappa shape index (κ2) is 4.62. The highest BCUT2D eigenvalue weighted by Crippen LogP contribution is 2.17. The van der Waals surface area contributed by atoms with E-state index in [0.29, 0.717) is 6.42 Å². The normalized spacial score (nSPS) is 12.2. The monoisotopic (exact) mass is 178 g/mol. The second-order valence-electron chi connectivity index (χ2n) is 3.08. The van der Waals surface area contributed by atoms with E-state index < -0.39 is 0 Å². The van der Waals surface area contributed by atoms with Crippen molar-refractivity contribution in [3.8, 4) is 0 Å². The van der Waals surface area contributed by atoms with E-state index in [0.717, 1.165) is 5.56 Å². The lowest BCUT2D eigenvalue weighted by molar-refractivity contribution is -0.121. The SMILES string of the molecule is C[C@@H](CC(=O)NN)c1ccccc1. The molecule has 0 aromatic heterocycles. The third-order valence-electron chi connectivity index (χ3n) is 2.02. The number of nitrogens with two attached hydrogens (primary N) is 1. The van der Waals surface area contributed by atoms with Gasteiger partial charge in [0.05, 0.1) is 0 Å². The van der Waals surface area contributed by atoms with E-state index in [2.05, 4.69) is 5.43 Å². The van der Waals surface area contributed by atoms with E-state index in [9.17, 15) is 4.79 Å². The maximum absolute atomic E-state index is 11.0. The Labute approximate surface area is 77.9 Å². The van der Waals surface area contributed by atoms with Crippen molar-refractivity contribution in [3.05, 3.63) is 35.9 Å². The number of nitrogens with one attached hydrogen (secondary N) is 1. The van der Waals surface area contributed by atoms with Gasteiger partial charge in [0.1, 0.15) is 0 Å². The minimum Gasteiger partial charge on any atom is -0.294 e. The van der Waals surface area contributed by atoms with Crippen molar-refractivity contribution in [1.29, 1.82) is 0 Å². The number of hydrogen-bond donors (Lipinski definition) is 2. The molecule has 0 fully saturated rings. The molecule has 0 aliphatic rings. The molecule has 1 aromatic carbocycles. The average molecular weight is 178 g/mol. The van der Waals surface area contributed by atoms with Crippen LogP contribution < -0.4 is 11.3 Å². The van der Waals surface area contributed by atoms with Gasteiger partial charge in [0, 0.05) is 6.42 Å². The standard InChI is InChI=1S/C10H14N2O/c1-8(7-10(13)12-11)9-5-3-2-4-6-9/h2-6,8H,7,11H2,1H3,(H,12,13)/t8-/m0/s1. The molecule has 3 nitrogen and oxygen atoms in total. The topological polar surface area (TPSA) is 55.1 Å². The van der Waals surface area contributed by atoms with Crippen LogP contribution in [-0.4, -0.2) is 5.91 Å². The molecule has 0 radical (unpaired) electrons. The van der Waals surface area contributed by atoms with E-state index in [1.54, 1.807) is 0 Å². The molecule has 0 spiro atoms. The number of carbonyl (C=O) groups is 1. The first-order valence-corrected chi connectivity index (χ1v) is 4.28. The van der Waals surface area contributed by atoms with Gasteiger partial charge >= 0.3 is 0 Å². The smallest absolute Gasteiger partial charge is 0.234 e. The molecule has 1 atom stereocenters. The maximum atomic E-state index is 11.0. The van der Waals surface area contributed by atoms with Crippen LogP contribution in [0.2, 0.25) is 0 Å². The summed E-state index contributed by atoms with van der Waals surface area (Å²) in [6, 6.07) is 9.90. The molecule has 0 saturated heterocycles. The van der Waals surface area contributed by atoms with Gasteiger partial charge in [-0.1, -0.05) is 37.3 Å². The van der Waals surface area contributed by atoms with Gasteiger partial charge in [-0.15, -0.1) is 0 Å². The summed E-state index contributed by atoms with van der Waals surface area (Å²) in [5.41, 5.74) is 3.29. The van der Waals surface area contributed by atoms with Crippen molar-refractivity contribution >= 4 is 5.91 Å². The molecule has 1 rings (SSSR count). The van der Waals surface area contributed by atoms with E-state index in [1.807, 2.05) is 37.3 Å². The number of hydrazine groups is 1. The summed E-state index contributed by atoms with van der Waals surface area (Å²) in [6.45, 7) is 2.00. The molecule has 0 saturated carbocycles. The Hall–Kier alpha value is -1.35. The number of amides is 1. The first kappa shape index (κ1) is 9.74. The molecule has 3 N–H and O–H groups in total. The van der Waals surface area contributed by atoms with Crippen molar-refractivity contribution in [2.24, 2.45) is 5.84 Å². The molecule has 70 valence electrons. The van der Waals surface area contributed by atoms with Crippen LogP contribution in [0.25, 0.3) is 0 Å². The average Bonchev–Trinajstić information content (AvgIpc) is 2.19. The van der Waals surface area contributed by atoms with Gasteiger partial charge in [-0.3, -0.25) is 10.2 Å². The van der Waals surface area contributed by atoms with E-state index in [4.69, 9.17) is 5.84 Å². The Morgan fingerprint density at radius 2 is 2.08 bits per heavy atom. The van der Waals surface area contributed by atoms with Crippen molar-refractivity contribution in [2.45, 2.75) is 19.3 Å². The number of carbonyl (C=O) groups excluding carboxylic acids is 1. The number of rotatable bonds is 3. The largest absolute Gasteiger partial charge is 0.294 e. The molecule has 0 unspecified atom stereocenters. The van der Waals surface area contributed by atoms with Crippen LogP contribution in [-0.2, 0) is 4.79 Å². The molecule has 1 aromatic rings. The van der Waals surface area contributed by atoms with Gasteiger partial charge in [-0.2, -0.15) is 0 Å². The summed E-state index contributed by atoms with van der Waals surface area (Å²) < 4.78 is 0. The van der Waals surface area contributed by atoms with Gasteiger partial charge in [-0.25, -0.2) is 5.84 Å². The van der Waals surface area contributed by atoms with Gasteiger partial charge < -0.3 is 0 Å². The fraction of sp³-hybridized carbons (Fsp3) is 0.300. The highest BCUT2D eigenvalue weighted by atomic mass is 16.2. The molecule has 0 aliphatic heterocycles. The van der Waals surface area contributed by atoms with Gasteiger partial charge in [-0.05, 0) is 11.5 Å². The lowest BCUT2D eigenvalue weighted by Gasteiger charge is -2.09. The first-order valence-electron chi connectivity index (χ1n) is 4.28. The van der Waals surface area contributed by atoms with E-state index in [-0.39, 0.29) is 11.8 Å². The van der Waals surface area contributed by atoms with Crippen molar-refractivity contribution < 1.29 is 4.79 Å². The lowest BCUT2D eigenvalue weighted by Crippen LogP contribution is -2.30. The fourth-order valence-corrected chi connectivity index (χ4v) is 1.24. The highest BCUT2D eigenvalue weighted by molar-refractivity contribution is 5.76. The summed E-state index contributed by atoms with van der Waals surface area (Å²) in [6.07, 6.45) is 0.431. The number of hydrogen-bond acceptors (Lipinski definition) is 2. The summed E-state index contributed by atoms with van der Waals surface area (Å²) >= 11 is 0. The van der Waals surface area contributed by atoms with Crippen molar-refractivity contribution in [2.75, 3.05) is 0 Å². The Kier molecular flexibility index (Phi) is 3.46. The maximum Gasteiger partial charge on any atom is 0.234 e. The predicted molar refractivity (Wildman–Crippen MR) is 51.8 cm³/mol. The van der Waals surface area contributed by atoms with Crippen LogP contribution in [0.1, 0.15) is 24.8 Å². The summed E-state index contributed by atoms with van der Waals surface area (Å²) in [5.74, 6) is 5.08. The van der Waals surface area contributed by atoms with Crippen LogP contribution in [0.5, 0.6) is 0 Å². The Balaban J connectivity index is 2.59. The minimum absolute atomic E-state index is 0.128. The molecule has 1 amide bonds. The van der Waals surface area contributed by atoms with Gasteiger partial charge in [0.25, 0.3) is 0 Å². The summed E-state index contributed by atoms with van der Waals surface area (Å²) in [4.78, 5) is 11.0. The lowest BCUT2D eigenvalue weighted by atomic mass is 9.98. The predicted octanol–water partition coefficient (Wildman–Crippen LogP) is 1.17. The van der Waals surface area contributed by atoms with Crippen LogP contribution in [0.3, 0.4) is 0 Å². The number of benzene rings is 1. The van der Waals surface area contributed by atoms with Crippen molar-refractivity contribution in [1.82, 2.24) is 5.43 Å². The van der Waals surface area contributed by atoms with Crippen LogP contribution >= 0.6 is 0 Å². The summed E-state index contributed by atoms with van der Waals surface area (Å²) in [5, 5.41) is 0. The molecule has 0 aliphatic carbocycles. The third-order valence-corrected chi connectivity index (χ3v) is 2.02. The van der Waals surface area contributed by atoms with E-state index in [1.165, 1.54) is 0 Å². The first-order chi connectivity index (χ1) is 6.24. The zero-order chi connectivity index (χ0) is 9.68. The molecular weight excluding hydrogens is 164 g/mol. The summed E-state index contributed by atoms with van der Waals surface area (Å²) in [7, 11) is 0. The molecule has 13 heavy (non-hydrogen) atoms. The third kappa shape index (κ3) is 2.87. The minimum atomic E-state index is -0.128. The highest BCUT2D eigenvalue weighted by Gasteiger charge is 2.08. The van der Waals surface area contributed by atoms with Gasteiger partial charge in [0.2, 0.25) is 5.91 Å². The molecular formula is C10H14N2O. The second-order valence-corrected chi connectivity index (χ2v) is 3.08. The van der Waals surface area contributed by atoms with Gasteiger partial charge in [0.15, 0.2) is 0 Å². The Morgan fingerprint density at radius 1 is 1.46 bits per heavy atom. The van der Waals surface area contributed by atoms with Crippen LogP contribution in [0.15, 0.2) is 30.3 Å². The zero-order valence-corrected chi connectivity index (χ0v) is 7.66. The molecule has 3 heteroatoms. The van der Waals surface area contributed by atoms with Crippen LogP contribution in [0.4, 0.5) is 0 Å². The van der Waals surface area contributed by atoms with Crippen LogP contribution in [0, 0.1) is 0 Å². The quantitative estimate of drug-likeness (QED) is 0.414. The molecule has 0 heterocycles. The Morgan fingerprint density at radius 3 is 2.62 bits per heavy atom. The Bertz CT molecular complexity index is 272. The fourth-order valence-electron chi connectivity index (χ4n) is 1.24. The zero-order valence-electron chi connectivity index (χ0n) is 7.66.